The highest BCUT2D eigenvalue weighted by Gasteiger charge is 2.17. The summed E-state index contributed by atoms with van der Waals surface area (Å²) in [7, 11) is 25.9. The number of aromatic nitrogens is 3. The van der Waals surface area contributed by atoms with E-state index in [-0.39, 0.29) is 27.4 Å². The topological polar surface area (TPSA) is 59.8 Å². The Kier molecular flexibility index (Phi) is 5.06. The van der Waals surface area contributed by atoms with Crippen molar-refractivity contribution >= 4 is 75.7 Å². The van der Waals surface area contributed by atoms with E-state index in [1.807, 2.05) is 29.8 Å². The molecule has 0 saturated carbocycles. The molecule has 0 fully saturated rings. The summed E-state index contributed by atoms with van der Waals surface area (Å²) in [5.74, 6) is -0.177. The predicted molar refractivity (Wildman–Crippen MR) is 125 cm³/mol. The van der Waals surface area contributed by atoms with Gasteiger partial charge in [-0.2, -0.15) is 0 Å². The lowest BCUT2D eigenvalue weighted by atomic mass is 9.64. The van der Waals surface area contributed by atoms with Gasteiger partial charge in [-0.25, -0.2) is 9.97 Å². The van der Waals surface area contributed by atoms with Gasteiger partial charge >= 0.3 is 0 Å². The molecule has 1 N–H and O–H groups in total. The fraction of sp³-hybridized carbons (Fsp3) is 0.0952. The van der Waals surface area contributed by atoms with Crippen molar-refractivity contribution in [2.24, 2.45) is 7.05 Å². The Hall–Kier alpha value is -3.21. The third kappa shape index (κ3) is 3.34. The molecule has 0 spiro atoms. The van der Waals surface area contributed by atoms with Gasteiger partial charge in [0, 0.05) is 29.8 Å². The zero-order valence-corrected chi connectivity index (χ0v) is 16.6. The van der Waals surface area contributed by atoms with Crippen LogP contribution in [0.3, 0.4) is 0 Å². The molecule has 2 aromatic heterocycles. The van der Waals surface area contributed by atoms with Crippen LogP contribution in [0.1, 0.15) is 15.9 Å². The zero-order valence-electron chi connectivity index (χ0n) is 16.6. The Morgan fingerprint density at radius 2 is 1.67 bits per heavy atom. The maximum atomic E-state index is 12.9. The summed E-state index contributed by atoms with van der Waals surface area (Å²) in [6.07, 6.45) is 5.22. The molecular weight excluding hydrogens is 368 g/mol. The minimum Gasteiger partial charge on any atom is -0.334 e. The molecule has 0 unspecified atom stereocenters. The predicted octanol–water partition coefficient (Wildman–Crippen LogP) is -0.629. The van der Waals surface area contributed by atoms with Crippen LogP contribution in [0.2, 0.25) is 0 Å². The monoisotopic (exact) mass is 382 g/mol. The molecule has 4 rings (SSSR count). The van der Waals surface area contributed by atoms with Crippen LogP contribution < -0.4 is 27.2 Å². The molecular formula is C21H14B4N4O. The summed E-state index contributed by atoms with van der Waals surface area (Å²) in [4.78, 5) is 21.3. The van der Waals surface area contributed by atoms with Gasteiger partial charge in [0.05, 0.1) is 18.2 Å². The lowest BCUT2D eigenvalue weighted by Crippen LogP contribution is -2.49. The lowest BCUT2D eigenvalue weighted by Gasteiger charge is -2.19. The number of pyridine rings is 1. The SMILES string of the molecule is [B]c1c([B])c(C(=O)Nc2cc3cc(-c4cncn4C)ccc3cn2)c([B])c([B])c1C. The van der Waals surface area contributed by atoms with Crippen molar-refractivity contribution in [3.05, 3.63) is 54.1 Å². The van der Waals surface area contributed by atoms with E-state index in [9.17, 15) is 4.79 Å². The molecule has 0 aliphatic heterocycles. The van der Waals surface area contributed by atoms with Crippen molar-refractivity contribution in [2.45, 2.75) is 6.92 Å². The molecule has 5 nitrogen and oxygen atoms in total. The summed E-state index contributed by atoms with van der Waals surface area (Å²) in [6, 6.07) is 7.75. The fourth-order valence-corrected chi connectivity index (χ4v) is 3.39. The van der Waals surface area contributed by atoms with Gasteiger partial charge in [0.15, 0.2) is 0 Å². The third-order valence-corrected chi connectivity index (χ3v) is 5.23. The summed E-state index contributed by atoms with van der Waals surface area (Å²) in [5, 5.41) is 4.57. The van der Waals surface area contributed by atoms with Crippen LogP contribution in [-0.4, -0.2) is 51.8 Å². The number of fused-ring (bicyclic) bond motifs is 1. The first kappa shape index (κ1) is 20.1. The smallest absolute Gasteiger partial charge is 0.255 e. The number of imidazole rings is 1. The van der Waals surface area contributed by atoms with Gasteiger partial charge in [-0.05, 0) is 24.4 Å². The largest absolute Gasteiger partial charge is 0.334 e. The van der Waals surface area contributed by atoms with E-state index < -0.39 is 5.91 Å². The van der Waals surface area contributed by atoms with Crippen molar-refractivity contribution in [1.29, 1.82) is 0 Å². The molecule has 0 aliphatic rings. The van der Waals surface area contributed by atoms with Crippen LogP contribution in [0.25, 0.3) is 22.0 Å². The molecule has 1 amide bonds. The Morgan fingerprint density at radius 1 is 0.967 bits per heavy atom. The number of hydrogen-bond acceptors (Lipinski definition) is 3. The molecule has 2 heterocycles. The number of hydrogen-bond donors (Lipinski definition) is 1. The quantitative estimate of drug-likeness (QED) is 0.481. The second kappa shape index (κ2) is 7.56. The molecule has 30 heavy (non-hydrogen) atoms. The third-order valence-electron chi connectivity index (χ3n) is 5.23. The number of aryl methyl sites for hydroxylation is 1. The number of rotatable bonds is 3. The minimum atomic E-state index is -0.530. The van der Waals surface area contributed by atoms with E-state index >= 15 is 0 Å². The maximum Gasteiger partial charge on any atom is 0.255 e. The van der Waals surface area contributed by atoms with Crippen LogP contribution in [0.15, 0.2) is 43.0 Å². The molecule has 0 atom stereocenters. The fourth-order valence-electron chi connectivity index (χ4n) is 3.39. The van der Waals surface area contributed by atoms with Crippen LogP contribution in [0.5, 0.6) is 0 Å². The molecule has 2 aromatic carbocycles. The van der Waals surface area contributed by atoms with Crippen molar-refractivity contribution < 1.29 is 4.79 Å². The van der Waals surface area contributed by atoms with E-state index in [1.165, 1.54) is 0 Å². The second-order valence-corrected chi connectivity index (χ2v) is 7.13. The molecule has 0 bridgehead atoms. The van der Waals surface area contributed by atoms with E-state index in [2.05, 4.69) is 15.3 Å². The summed E-state index contributed by atoms with van der Waals surface area (Å²) in [5.41, 5.74) is 3.23. The van der Waals surface area contributed by atoms with E-state index in [4.69, 9.17) is 31.4 Å². The second-order valence-electron chi connectivity index (χ2n) is 7.13. The minimum absolute atomic E-state index is 0.0427. The number of nitrogens with zero attached hydrogens (tertiary/aromatic N) is 3. The normalized spacial score (nSPS) is 11.0. The summed E-state index contributed by atoms with van der Waals surface area (Å²) in [6.45, 7) is 1.70. The van der Waals surface area contributed by atoms with E-state index in [0.29, 0.717) is 11.4 Å². The number of carbonyl (C=O) groups excluding carboxylic acids is 1. The van der Waals surface area contributed by atoms with Crippen molar-refractivity contribution in [3.63, 3.8) is 0 Å². The van der Waals surface area contributed by atoms with E-state index in [0.717, 1.165) is 22.0 Å². The van der Waals surface area contributed by atoms with Gasteiger partial charge < -0.3 is 9.88 Å². The van der Waals surface area contributed by atoms with Gasteiger partial charge in [0.1, 0.15) is 37.2 Å². The Balaban J connectivity index is 1.71. The number of carbonyl (C=O) groups is 1. The Morgan fingerprint density at radius 3 is 2.30 bits per heavy atom. The molecule has 136 valence electrons. The van der Waals surface area contributed by atoms with Crippen molar-refractivity contribution in [3.8, 4) is 11.3 Å². The van der Waals surface area contributed by atoms with Crippen LogP contribution in [0, 0.1) is 6.92 Å². The highest BCUT2D eigenvalue weighted by molar-refractivity contribution is 6.60. The molecule has 0 saturated heterocycles. The van der Waals surface area contributed by atoms with Gasteiger partial charge in [-0.15, -0.1) is 10.9 Å². The average molecular weight is 382 g/mol. The summed E-state index contributed by atoms with van der Waals surface area (Å²) >= 11 is 0. The maximum absolute atomic E-state index is 12.9. The summed E-state index contributed by atoms with van der Waals surface area (Å²) < 4.78 is 1.93. The Labute approximate surface area is 179 Å². The highest BCUT2D eigenvalue weighted by Crippen LogP contribution is 2.25. The first-order valence-electron chi connectivity index (χ1n) is 9.18. The number of anilines is 1. The molecule has 0 aliphatic carbocycles. The van der Waals surface area contributed by atoms with Crippen LogP contribution >= 0.6 is 0 Å². The zero-order chi connectivity index (χ0) is 21.6. The molecule has 4 aromatic rings. The van der Waals surface area contributed by atoms with E-state index in [1.54, 1.807) is 31.7 Å². The number of benzene rings is 2. The van der Waals surface area contributed by atoms with Gasteiger partial charge in [0.2, 0.25) is 0 Å². The first-order chi connectivity index (χ1) is 14.3. The molecule has 8 radical (unpaired) electrons. The van der Waals surface area contributed by atoms with Crippen molar-refractivity contribution in [2.75, 3.05) is 5.32 Å². The van der Waals surface area contributed by atoms with Crippen LogP contribution in [-0.2, 0) is 7.05 Å². The standard InChI is InChI=1S/C21H14B4N4O/c1-10-17(22)19(24)16(20(25)18(10)23)21(30)28-15-6-13-5-11(3-4-12(13)7-27-15)14-8-26-9-29(14)2/h3-9H,1-2H3,(H,27,28,30). The number of nitrogens with one attached hydrogen (secondary N) is 1. The Bertz CT molecular complexity index is 1290. The van der Waals surface area contributed by atoms with Crippen LogP contribution in [0.4, 0.5) is 5.82 Å². The van der Waals surface area contributed by atoms with Gasteiger partial charge in [-0.1, -0.05) is 28.6 Å². The highest BCUT2D eigenvalue weighted by atomic mass is 16.1. The molecule has 9 heteroatoms. The number of amides is 1. The average Bonchev–Trinajstić information content (AvgIpc) is 3.16. The lowest BCUT2D eigenvalue weighted by molar-refractivity contribution is 0.102. The van der Waals surface area contributed by atoms with Gasteiger partial charge in [0.25, 0.3) is 5.91 Å². The first-order valence-corrected chi connectivity index (χ1v) is 9.18. The van der Waals surface area contributed by atoms with Crippen molar-refractivity contribution in [1.82, 2.24) is 14.5 Å². The van der Waals surface area contributed by atoms with Gasteiger partial charge in [-0.3, -0.25) is 4.79 Å².